The Morgan fingerprint density at radius 2 is 2.17 bits per heavy atom. The number of halogens is 1. The van der Waals surface area contributed by atoms with Crippen molar-refractivity contribution in [1.29, 1.82) is 0 Å². The second-order valence-electron chi connectivity index (χ2n) is 5.94. The lowest BCUT2D eigenvalue weighted by molar-refractivity contribution is -0.137. The van der Waals surface area contributed by atoms with Crippen molar-refractivity contribution in [2.75, 3.05) is 25.9 Å². The van der Waals surface area contributed by atoms with Crippen LogP contribution < -0.4 is 0 Å². The molecule has 0 aromatic heterocycles. The number of benzene rings is 1. The van der Waals surface area contributed by atoms with E-state index in [0.29, 0.717) is 32.5 Å². The number of hydrogen-bond donors (Lipinski definition) is 0. The van der Waals surface area contributed by atoms with Crippen molar-refractivity contribution in [2.24, 2.45) is 5.92 Å². The van der Waals surface area contributed by atoms with Gasteiger partial charge in [0.2, 0.25) is 15.9 Å². The van der Waals surface area contributed by atoms with Gasteiger partial charge in [-0.1, -0.05) is 12.1 Å². The predicted octanol–water partition coefficient (Wildman–Crippen LogP) is 1.85. The first kappa shape index (κ1) is 17.9. The number of nitrogens with zero attached hydrogens (tertiary/aromatic N) is 2. The quantitative estimate of drug-likeness (QED) is 0.820. The highest BCUT2D eigenvalue weighted by molar-refractivity contribution is 7.88. The summed E-state index contributed by atoms with van der Waals surface area (Å²) in [7, 11) is -3.28. The molecule has 0 saturated carbocycles. The Bertz CT molecular complexity index is 663. The van der Waals surface area contributed by atoms with E-state index in [-0.39, 0.29) is 24.2 Å². The Hall–Kier alpha value is -1.47. The van der Waals surface area contributed by atoms with E-state index in [1.54, 1.807) is 17.0 Å². The van der Waals surface area contributed by atoms with Gasteiger partial charge in [0, 0.05) is 26.2 Å². The Kier molecular flexibility index (Phi) is 5.75. The molecule has 0 N–H and O–H groups in total. The Balaban J connectivity index is 2.07. The molecule has 1 aromatic rings. The zero-order valence-corrected chi connectivity index (χ0v) is 14.4. The molecular formula is C16H23FN2O3S. The summed E-state index contributed by atoms with van der Waals surface area (Å²) in [5, 5.41) is 0. The maximum atomic E-state index is 13.3. The maximum Gasteiger partial charge on any atom is 0.227 e. The van der Waals surface area contributed by atoms with E-state index in [0.717, 1.165) is 5.56 Å². The van der Waals surface area contributed by atoms with Crippen molar-refractivity contribution in [2.45, 2.75) is 26.3 Å². The Labute approximate surface area is 137 Å². The topological polar surface area (TPSA) is 57.7 Å². The van der Waals surface area contributed by atoms with Crippen molar-refractivity contribution in [3.05, 3.63) is 35.6 Å². The maximum absolute atomic E-state index is 13.3. The first-order valence-corrected chi connectivity index (χ1v) is 9.64. The lowest BCUT2D eigenvalue weighted by Gasteiger charge is -2.33. The van der Waals surface area contributed by atoms with Gasteiger partial charge in [-0.05, 0) is 37.5 Å². The molecule has 1 atom stereocenters. The monoisotopic (exact) mass is 342 g/mol. The Morgan fingerprint density at radius 1 is 1.43 bits per heavy atom. The van der Waals surface area contributed by atoms with E-state index in [2.05, 4.69) is 0 Å². The number of rotatable bonds is 5. The molecule has 1 aromatic carbocycles. The zero-order valence-electron chi connectivity index (χ0n) is 13.5. The number of piperidine rings is 1. The van der Waals surface area contributed by atoms with Gasteiger partial charge in [0.1, 0.15) is 5.82 Å². The number of amides is 1. The summed E-state index contributed by atoms with van der Waals surface area (Å²) in [4.78, 5) is 14.4. The third kappa shape index (κ3) is 4.75. The highest BCUT2D eigenvalue weighted by atomic mass is 32.2. The number of carbonyl (C=O) groups excluding carboxylic acids is 1. The van der Waals surface area contributed by atoms with Gasteiger partial charge >= 0.3 is 0 Å². The SMILES string of the molecule is CCN(Cc1cccc(F)c1)C(=O)C1CCCN(S(C)(=O)=O)C1. The minimum atomic E-state index is -3.28. The largest absolute Gasteiger partial charge is 0.338 e. The van der Waals surface area contributed by atoms with Crippen LogP contribution >= 0.6 is 0 Å². The lowest BCUT2D eigenvalue weighted by atomic mass is 9.98. The van der Waals surface area contributed by atoms with Crippen molar-refractivity contribution in [3.63, 3.8) is 0 Å². The fraction of sp³-hybridized carbons (Fsp3) is 0.562. The lowest BCUT2D eigenvalue weighted by Crippen LogP contribution is -2.46. The molecular weight excluding hydrogens is 319 g/mol. The van der Waals surface area contributed by atoms with Gasteiger partial charge in [0.25, 0.3) is 0 Å². The summed E-state index contributed by atoms with van der Waals surface area (Å²) in [6, 6.07) is 6.18. The second kappa shape index (κ2) is 7.40. The first-order valence-electron chi connectivity index (χ1n) is 7.79. The third-order valence-electron chi connectivity index (χ3n) is 4.16. The molecule has 1 amide bonds. The molecule has 23 heavy (non-hydrogen) atoms. The molecule has 5 nitrogen and oxygen atoms in total. The van der Waals surface area contributed by atoms with Gasteiger partial charge < -0.3 is 4.90 Å². The highest BCUT2D eigenvalue weighted by Crippen LogP contribution is 2.21. The molecule has 1 fully saturated rings. The summed E-state index contributed by atoms with van der Waals surface area (Å²) < 4.78 is 38.0. The summed E-state index contributed by atoms with van der Waals surface area (Å²) in [5.41, 5.74) is 0.732. The van der Waals surface area contributed by atoms with Gasteiger partial charge in [0.05, 0.1) is 12.2 Å². The third-order valence-corrected chi connectivity index (χ3v) is 5.43. The van der Waals surface area contributed by atoms with Crippen LogP contribution in [0, 0.1) is 11.7 Å². The molecule has 0 aliphatic carbocycles. The van der Waals surface area contributed by atoms with Crippen LogP contribution in [0.25, 0.3) is 0 Å². The van der Waals surface area contributed by atoms with Crippen LogP contribution in [0.4, 0.5) is 4.39 Å². The van der Waals surface area contributed by atoms with Crippen LogP contribution in [0.3, 0.4) is 0 Å². The van der Waals surface area contributed by atoms with E-state index in [4.69, 9.17) is 0 Å². The fourth-order valence-corrected chi connectivity index (χ4v) is 3.82. The van der Waals surface area contributed by atoms with Gasteiger partial charge in [0.15, 0.2) is 0 Å². The summed E-state index contributed by atoms with van der Waals surface area (Å²) in [6.45, 7) is 3.41. The van der Waals surface area contributed by atoms with Crippen LogP contribution in [-0.4, -0.2) is 49.4 Å². The van der Waals surface area contributed by atoms with E-state index >= 15 is 0 Å². The summed E-state index contributed by atoms with van der Waals surface area (Å²) in [5.74, 6) is -0.719. The van der Waals surface area contributed by atoms with Gasteiger partial charge in [-0.3, -0.25) is 4.79 Å². The van der Waals surface area contributed by atoms with Crippen LogP contribution in [0.15, 0.2) is 24.3 Å². The average molecular weight is 342 g/mol. The zero-order chi connectivity index (χ0) is 17.0. The molecule has 1 unspecified atom stereocenters. The van der Waals surface area contributed by atoms with E-state index in [9.17, 15) is 17.6 Å². The van der Waals surface area contributed by atoms with Gasteiger partial charge in [-0.2, -0.15) is 0 Å². The highest BCUT2D eigenvalue weighted by Gasteiger charge is 2.32. The molecule has 0 bridgehead atoms. The summed E-state index contributed by atoms with van der Waals surface area (Å²) >= 11 is 0. The van der Waals surface area contributed by atoms with E-state index < -0.39 is 10.0 Å². The molecule has 1 aliphatic heterocycles. The van der Waals surface area contributed by atoms with Crippen LogP contribution in [0.5, 0.6) is 0 Å². The Morgan fingerprint density at radius 3 is 2.78 bits per heavy atom. The van der Waals surface area contributed by atoms with Gasteiger partial charge in [-0.15, -0.1) is 0 Å². The molecule has 0 spiro atoms. The first-order chi connectivity index (χ1) is 10.8. The minimum Gasteiger partial charge on any atom is -0.338 e. The van der Waals surface area contributed by atoms with Crippen molar-refractivity contribution < 1.29 is 17.6 Å². The molecule has 1 saturated heterocycles. The smallest absolute Gasteiger partial charge is 0.227 e. The van der Waals surface area contributed by atoms with Crippen LogP contribution in [-0.2, 0) is 21.4 Å². The molecule has 1 aliphatic rings. The van der Waals surface area contributed by atoms with Crippen molar-refractivity contribution in [1.82, 2.24) is 9.21 Å². The summed E-state index contributed by atoms with van der Waals surface area (Å²) in [6.07, 6.45) is 2.54. The minimum absolute atomic E-state index is 0.0647. The second-order valence-corrected chi connectivity index (χ2v) is 7.92. The average Bonchev–Trinajstić information content (AvgIpc) is 2.51. The molecule has 1 heterocycles. The standard InChI is InChI=1S/C16H23FN2O3S/c1-3-18(11-13-6-4-8-15(17)10-13)16(20)14-7-5-9-19(12-14)23(2,21)22/h4,6,8,10,14H,3,5,7,9,11-12H2,1-2H3. The number of hydrogen-bond acceptors (Lipinski definition) is 3. The molecule has 7 heteroatoms. The van der Waals surface area contributed by atoms with E-state index in [1.165, 1.54) is 22.7 Å². The van der Waals surface area contributed by atoms with Gasteiger partial charge in [-0.25, -0.2) is 17.1 Å². The molecule has 128 valence electrons. The number of carbonyl (C=O) groups is 1. The van der Waals surface area contributed by atoms with Crippen molar-refractivity contribution >= 4 is 15.9 Å². The van der Waals surface area contributed by atoms with Crippen LogP contribution in [0.2, 0.25) is 0 Å². The van der Waals surface area contributed by atoms with Crippen LogP contribution in [0.1, 0.15) is 25.3 Å². The predicted molar refractivity (Wildman–Crippen MR) is 86.6 cm³/mol. The fourth-order valence-electron chi connectivity index (χ4n) is 2.90. The molecule has 0 radical (unpaired) electrons. The van der Waals surface area contributed by atoms with E-state index in [1.807, 2.05) is 6.92 Å². The number of sulfonamides is 1. The molecule has 2 rings (SSSR count). The normalized spacial score (nSPS) is 19.5. The van der Waals surface area contributed by atoms with Crippen molar-refractivity contribution in [3.8, 4) is 0 Å².